The third-order valence-electron chi connectivity index (χ3n) is 1.91. The molecule has 1 unspecified atom stereocenters. The summed E-state index contributed by atoms with van der Waals surface area (Å²) in [6.45, 7) is 2.41. The lowest BCUT2D eigenvalue weighted by Gasteiger charge is -2.12. The highest BCUT2D eigenvalue weighted by Crippen LogP contribution is 2.31. The number of ether oxygens (including phenoxy) is 1. The monoisotopic (exact) mass is 228 g/mol. The summed E-state index contributed by atoms with van der Waals surface area (Å²) in [6.07, 6.45) is -0.106. The quantitative estimate of drug-likeness (QED) is 0.789. The lowest BCUT2D eigenvalue weighted by molar-refractivity contribution is -0.137. The van der Waals surface area contributed by atoms with Crippen molar-refractivity contribution in [2.24, 2.45) is 0 Å². The summed E-state index contributed by atoms with van der Waals surface area (Å²) in [7, 11) is 0. The Bertz CT molecular complexity index is 338. The molecule has 0 bridgehead atoms. The van der Waals surface area contributed by atoms with E-state index in [9.17, 15) is 4.79 Å². The number of aliphatic carboxylic acids is 1. The molecule has 0 fully saturated rings. The van der Waals surface area contributed by atoms with E-state index in [1.807, 2.05) is 19.1 Å². The minimum atomic E-state index is -0.915. The molecule has 0 aliphatic carbocycles. The Morgan fingerprint density at radius 1 is 1.53 bits per heavy atom. The van der Waals surface area contributed by atoms with Crippen LogP contribution < -0.4 is 4.74 Å². The number of carbonyl (C=O) groups is 1. The van der Waals surface area contributed by atoms with Crippen molar-refractivity contribution in [2.75, 3.05) is 6.61 Å². The van der Waals surface area contributed by atoms with E-state index >= 15 is 0 Å². The maximum Gasteiger partial charge on any atom is 0.305 e. The van der Waals surface area contributed by atoms with Gasteiger partial charge in [-0.3, -0.25) is 4.79 Å². The second kappa shape index (κ2) is 5.61. The number of hydrogen-bond acceptors (Lipinski definition) is 2. The van der Waals surface area contributed by atoms with Crippen LogP contribution in [0.1, 0.15) is 24.3 Å². The number of para-hydroxylation sites is 1. The van der Waals surface area contributed by atoms with E-state index in [2.05, 4.69) is 0 Å². The van der Waals surface area contributed by atoms with Gasteiger partial charge < -0.3 is 9.84 Å². The van der Waals surface area contributed by atoms with E-state index in [1.165, 1.54) is 0 Å². The summed E-state index contributed by atoms with van der Waals surface area (Å²) < 4.78 is 5.36. The molecule has 0 aliphatic rings. The molecule has 0 saturated carbocycles. The molecular weight excluding hydrogens is 216 g/mol. The average molecular weight is 229 g/mol. The first-order valence-electron chi connectivity index (χ1n) is 4.72. The van der Waals surface area contributed by atoms with Gasteiger partial charge in [0.15, 0.2) is 0 Å². The van der Waals surface area contributed by atoms with Gasteiger partial charge in [-0.25, -0.2) is 0 Å². The van der Waals surface area contributed by atoms with Gasteiger partial charge in [-0.1, -0.05) is 18.2 Å². The van der Waals surface area contributed by atoms with E-state index in [4.69, 9.17) is 21.4 Å². The van der Waals surface area contributed by atoms with Gasteiger partial charge in [0.05, 0.1) is 18.4 Å². The zero-order chi connectivity index (χ0) is 11.3. The first-order chi connectivity index (χ1) is 7.15. The highest BCUT2D eigenvalue weighted by atomic mass is 35.5. The number of rotatable bonds is 5. The number of carboxylic acids is 1. The highest BCUT2D eigenvalue weighted by Gasteiger charge is 2.16. The third-order valence-corrected chi connectivity index (χ3v) is 2.30. The Labute approximate surface area is 93.6 Å². The summed E-state index contributed by atoms with van der Waals surface area (Å²) >= 11 is 5.98. The van der Waals surface area contributed by atoms with Crippen molar-refractivity contribution < 1.29 is 14.6 Å². The Balaban J connectivity index is 2.86. The van der Waals surface area contributed by atoms with Crippen LogP contribution in [0.25, 0.3) is 0 Å². The number of alkyl halides is 1. The fourth-order valence-corrected chi connectivity index (χ4v) is 1.60. The van der Waals surface area contributed by atoms with Crippen molar-refractivity contribution in [3.8, 4) is 5.75 Å². The largest absolute Gasteiger partial charge is 0.494 e. The van der Waals surface area contributed by atoms with Crippen molar-refractivity contribution in [3.63, 3.8) is 0 Å². The second-order valence-corrected chi connectivity index (χ2v) is 3.56. The van der Waals surface area contributed by atoms with E-state index in [1.54, 1.807) is 12.1 Å². The molecule has 1 N–H and O–H groups in total. The number of carboxylic acid groups (broad SMARTS) is 1. The third kappa shape index (κ3) is 3.44. The number of hydrogen-bond donors (Lipinski definition) is 1. The summed E-state index contributed by atoms with van der Waals surface area (Å²) in [6, 6.07) is 7.22. The maximum atomic E-state index is 10.5. The molecule has 1 atom stereocenters. The predicted molar refractivity (Wildman–Crippen MR) is 58.5 cm³/mol. The highest BCUT2D eigenvalue weighted by molar-refractivity contribution is 6.22. The van der Waals surface area contributed by atoms with Gasteiger partial charge in [0.25, 0.3) is 0 Å². The van der Waals surface area contributed by atoms with Gasteiger partial charge in [-0.05, 0) is 13.0 Å². The first-order valence-corrected chi connectivity index (χ1v) is 5.16. The number of halogens is 1. The van der Waals surface area contributed by atoms with Gasteiger partial charge in [0.1, 0.15) is 5.75 Å². The van der Waals surface area contributed by atoms with Crippen molar-refractivity contribution in [3.05, 3.63) is 29.8 Å². The molecule has 0 amide bonds. The molecule has 1 aromatic rings. The summed E-state index contributed by atoms with van der Waals surface area (Å²) in [5.74, 6) is -0.262. The normalized spacial score (nSPS) is 12.1. The SMILES string of the molecule is CCOc1ccccc1C(Cl)CC(=O)O. The molecule has 0 heterocycles. The number of benzene rings is 1. The Kier molecular flexibility index (Phi) is 4.43. The zero-order valence-corrected chi connectivity index (χ0v) is 9.20. The van der Waals surface area contributed by atoms with E-state index < -0.39 is 11.3 Å². The minimum absolute atomic E-state index is 0.106. The first kappa shape index (κ1) is 11.9. The zero-order valence-electron chi connectivity index (χ0n) is 8.44. The van der Waals surface area contributed by atoms with Gasteiger partial charge >= 0.3 is 5.97 Å². The van der Waals surface area contributed by atoms with Crippen LogP contribution in [0, 0.1) is 0 Å². The molecule has 4 heteroatoms. The fraction of sp³-hybridized carbons (Fsp3) is 0.364. The smallest absolute Gasteiger partial charge is 0.305 e. The second-order valence-electron chi connectivity index (χ2n) is 3.04. The van der Waals surface area contributed by atoms with Crippen LogP contribution >= 0.6 is 11.6 Å². The van der Waals surface area contributed by atoms with Gasteiger partial charge in [-0.15, -0.1) is 11.6 Å². The maximum absolute atomic E-state index is 10.5. The summed E-state index contributed by atoms with van der Waals surface area (Å²) in [5.41, 5.74) is 0.725. The molecule has 82 valence electrons. The van der Waals surface area contributed by atoms with Gasteiger partial charge in [0, 0.05) is 5.56 Å². The fourth-order valence-electron chi connectivity index (χ4n) is 1.29. The van der Waals surface area contributed by atoms with Crippen LogP contribution in [-0.2, 0) is 4.79 Å². The van der Waals surface area contributed by atoms with Crippen LogP contribution in [0.4, 0.5) is 0 Å². The van der Waals surface area contributed by atoms with Crippen LogP contribution in [0.15, 0.2) is 24.3 Å². The molecule has 0 aliphatic heterocycles. The molecule has 0 saturated heterocycles. The summed E-state index contributed by atoms with van der Waals surface area (Å²) in [5, 5.41) is 8.09. The van der Waals surface area contributed by atoms with Crippen LogP contribution in [0.5, 0.6) is 5.75 Å². The Morgan fingerprint density at radius 3 is 2.80 bits per heavy atom. The molecule has 1 rings (SSSR count). The molecule has 0 aromatic heterocycles. The molecule has 15 heavy (non-hydrogen) atoms. The average Bonchev–Trinajstić information content (AvgIpc) is 2.18. The van der Waals surface area contributed by atoms with Gasteiger partial charge in [0.2, 0.25) is 0 Å². The van der Waals surface area contributed by atoms with Crippen LogP contribution in [-0.4, -0.2) is 17.7 Å². The van der Waals surface area contributed by atoms with Crippen molar-refractivity contribution in [1.82, 2.24) is 0 Å². The van der Waals surface area contributed by atoms with Gasteiger partial charge in [-0.2, -0.15) is 0 Å². The summed E-state index contributed by atoms with van der Waals surface area (Å²) in [4.78, 5) is 10.5. The van der Waals surface area contributed by atoms with Crippen LogP contribution in [0.3, 0.4) is 0 Å². The van der Waals surface area contributed by atoms with E-state index in [0.717, 1.165) is 5.56 Å². The van der Waals surface area contributed by atoms with Crippen LogP contribution in [0.2, 0.25) is 0 Å². The van der Waals surface area contributed by atoms with E-state index in [-0.39, 0.29) is 6.42 Å². The minimum Gasteiger partial charge on any atom is -0.494 e. The van der Waals surface area contributed by atoms with Crippen molar-refractivity contribution >= 4 is 17.6 Å². The Hall–Kier alpha value is -1.22. The molecule has 1 aromatic carbocycles. The molecular formula is C11H13ClO3. The van der Waals surface area contributed by atoms with Crippen molar-refractivity contribution in [1.29, 1.82) is 0 Å². The Morgan fingerprint density at radius 2 is 2.20 bits per heavy atom. The molecule has 0 spiro atoms. The standard InChI is InChI=1S/C11H13ClO3/c1-2-15-10-6-4-3-5-8(10)9(12)7-11(13)14/h3-6,9H,2,7H2,1H3,(H,13,14). The predicted octanol–water partition coefficient (Wildman–Crippen LogP) is 2.84. The molecule has 3 nitrogen and oxygen atoms in total. The van der Waals surface area contributed by atoms with E-state index in [0.29, 0.717) is 12.4 Å². The molecule has 0 radical (unpaired) electrons. The lowest BCUT2D eigenvalue weighted by Crippen LogP contribution is -2.03. The van der Waals surface area contributed by atoms with Crippen molar-refractivity contribution in [2.45, 2.75) is 18.7 Å². The topological polar surface area (TPSA) is 46.5 Å². The lowest BCUT2D eigenvalue weighted by atomic mass is 10.1.